The van der Waals surface area contributed by atoms with Crippen LogP contribution in [0.4, 0.5) is 11.5 Å². The van der Waals surface area contributed by atoms with Gasteiger partial charge in [-0.1, -0.05) is 6.07 Å². The van der Waals surface area contributed by atoms with E-state index in [9.17, 15) is 9.90 Å². The third-order valence-corrected chi connectivity index (χ3v) is 6.20. The standard InChI is InChI=1S/C26H30N6O2/c1-16(2)31-25(33)21-7-8-23(29-19-6-5-17-9-11-27-15-18(17)13-19)30-24(21)32(31)20-10-12-28-22(14-20)26(3,4)34/h5-8,10,12-14,16,27,34H,9,11,15H2,1-4H3,(H,29,30). The number of benzene rings is 1. The topological polar surface area (TPSA) is 97.0 Å². The van der Waals surface area contributed by atoms with Gasteiger partial charge in [0.05, 0.1) is 16.8 Å². The molecule has 0 unspecified atom stereocenters. The monoisotopic (exact) mass is 458 g/mol. The van der Waals surface area contributed by atoms with Gasteiger partial charge in [0, 0.05) is 24.5 Å². The Morgan fingerprint density at radius 3 is 2.71 bits per heavy atom. The summed E-state index contributed by atoms with van der Waals surface area (Å²) in [4.78, 5) is 22.5. The lowest BCUT2D eigenvalue weighted by atomic mass is 10.0. The number of aromatic nitrogens is 4. The molecule has 0 aliphatic carbocycles. The van der Waals surface area contributed by atoms with Crippen molar-refractivity contribution >= 4 is 22.5 Å². The van der Waals surface area contributed by atoms with Gasteiger partial charge in [0.25, 0.3) is 5.56 Å². The van der Waals surface area contributed by atoms with Crippen molar-refractivity contribution in [3.63, 3.8) is 0 Å². The van der Waals surface area contributed by atoms with E-state index in [2.05, 4.69) is 33.8 Å². The Morgan fingerprint density at radius 1 is 1.12 bits per heavy atom. The number of anilines is 2. The normalized spacial score (nSPS) is 13.9. The summed E-state index contributed by atoms with van der Waals surface area (Å²) in [5, 5.41) is 17.8. The second-order valence-electron chi connectivity index (χ2n) is 9.62. The molecule has 0 spiro atoms. The van der Waals surface area contributed by atoms with Crippen molar-refractivity contribution in [1.82, 2.24) is 24.6 Å². The Kier molecular flexibility index (Phi) is 5.50. The van der Waals surface area contributed by atoms with Crippen molar-refractivity contribution in [1.29, 1.82) is 0 Å². The highest BCUT2D eigenvalue weighted by Crippen LogP contribution is 2.26. The molecule has 4 aromatic rings. The van der Waals surface area contributed by atoms with E-state index in [0.29, 0.717) is 22.5 Å². The molecule has 176 valence electrons. The maximum Gasteiger partial charge on any atom is 0.276 e. The van der Waals surface area contributed by atoms with Crippen LogP contribution >= 0.6 is 0 Å². The van der Waals surface area contributed by atoms with Crippen molar-refractivity contribution in [2.45, 2.75) is 52.3 Å². The third kappa shape index (κ3) is 3.99. The second-order valence-corrected chi connectivity index (χ2v) is 9.62. The maximum atomic E-state index is 13.3. The van der Waals surface area contributed by atoms with Crippen LogP contribution in [-0.2, 0) is 18.6 Å². The van der Waals surface area contributed by atoms with Crippen molar-refractivity contribution < 1.29 is 5.11 Å². The lowest BCUT2D eigenvalue weighted by molar-refractivity contribution is 0.0738. The molecule has 1 aliphatic heterocycles. The molecule has 34 heavy (non-hydrogen) atoms. The first-order chi connectivity index (χ1) is 16.2. The van der Waals surface area contributed by atoms with Gasteiger partial charge in [-0.15, -0.1) is 0 Å². The first-order valence-corrected chi connectivity index (χ1v) is 11.7. The number of hydrogen-bond acceptors (Lipinski definition) is 6. The first kappa shape index (κ1) is 22.3. The number of aliphatic hydroxyl groups is 1. The number of rotatable bonds is 5. The Labute approximate surface area is 198 Å². The fraction of sp³-hybridized carbons (Fsp3) is 0.346. The lowest BCUT2D eigenvalue weighted by Crippen LogP contribution is -2.25. The zero-order chi connectivity index (χ0) is 24.0. The van der Waals surface area contributed by atoms with E-state index in [1.165, 1.54) is 11.1 Å². The van der Waals surface area contributed by atoms with Gasteiger partial charge in [-0.2, -0.15) is 0 Å². The van der Waals surface area contributed by atoms with Crippen molar-refractivity contribution in [2.24, 2.45) is 0 Å². The molecular weight excluding hydrogens is 428 g/mol. The van der Waals surface area contributed by atoms with E-state index >= 15 is 0 Å². The number of nitrogens with zero attached hydrogens (tertiary/aromatic N) is 4. The van der Waals surface area contributed by atoms with Crippen LogP contribution < -0.4 is 16.2 Å². The summed E-state index contributed by atoms with van der Waals surface area (Å²) in [5.41, 5.74) is 4.20. The van der Waals surface area contributed by atoms with Gasteiger partial charge in [-0.3, -0.25) is 9.78 Å². The van der Waals surface area contributed by atoms with Crippen LogP contribution in [0.2, 0.25) is 0 Å². The number of nitrogens with one attached hydrogen (secondary N) is 2. The van der Waals surface area contributed by atoms with Crippen LogP contribution in [-0.4, -0.2) is 31.0 Å². The molecule has 0 saturated carbocycles. The molecule has 0 atom stereocenters. The van der Waals surface area contributed by atoms with Gasteiger partial charge in [-0.25, -0.2) is 14.3 Å². The molecule has 3 N–H and O–H groups in total. The smallest absolute Gasteiger partial charge is 0.276 e. The summed E-state index contributed by atoms with van der Waals surface area (Å²) in [6, 6.07) is 13.6. The molecule has 0 bridgehead atoms. The summed E-state index contributed by atoms with van der Waals surface area (Å²) < 4.78 is 3.51. The number of hydrogen-bond donors (Lipinski definition) is 3. The van der Waals surface area contributed by atoms with E-state index in [0.717, 1.165) is 30.9 Å². The predicted molar refractivity (Wildman–Crippen MR) is 134 cm³/mol. The molecule has 1 aromatic carbocycles. The zero-order valence-corrected chi connectivity index (χ0v) is 20.0. The molecule has 0 radical (unpaired) electrons. The van der Waals surface area contributed by atoms with Gasteiger partial charge in [0.2, 0.25) is 0 Å². The highest BCUT2D eigenvalue weighted by molar-refractivity contribution is 5.79. The van der Waals surface area contributed by atoms with E-state index in [1.807, 2.05) is 36.7 Å². The molecule has 0 amide bonds. The van der Waals surface area contributed by atoms with Gasteiger partial charge in [0.15, 0.2) is 5.65 Å². The summed E-state index contributed by atoms with van der Waals surface area (Å²) in [6.45, 7) is 9.18. The molecule has 3 aromatic heterocycles. The largest absolute Gasteiger partial charge is 0.384 e. The Hall–Kier alpha value is -3.49. The quantitative estimate of drug-likeness (QED) is 0.421. The van der Waals surface area contributed by atoms with E-state index in [4.69, 9.17) is 4.98 Å². The van der Waals surface area contributed by atoms with Crippen molar-refractivity contribution in [2.75, 3.05) is 11.9 Å². The van der Waals surface area contributed by atoms with Crippen molar-refractivity contribution in [3.8, 4) is 5.69 Å². The van der Waals surface area contributed by atoms with Crippen LogP contribution in [0.3, 0.4) is 0 Å². The molecule has 8 heteroatoms. The van der Waals surface area contributed by atoms with E-state index < -0.39 is 5.60 Å². The summed E-state index contributed by atoms with van der Waals surface area (Å²) >= 11 is 0. The second kappa shape index (κ2) is 8.38. The summed E-state index contributed by atoms with van der Waals surface area (Å²) in [7, 11) is 0. The molecule has 0 fully saturated rings. The van der Waals surface area contributed by atoms with Gasteiger partial charge < -0.3 is 15.7 Å². The third-order valence-electron chi connectivity index (χ3n) is 6.20. The zero-order valence-electron chi connectivity index (χ0n) is 20.0. The van der Waals surface area contributed by atoms with Crippen LogP contribution in [0.15, 0.2) is 53.5 Å². The van der Waals surface area contributed by atoms with Crippen LogP contribution in [0, 0.1) is 0 Å². The van der Waals surface area contributed by atoms with Crippen LogP contribution in [0.5, 0.6) is 0 Å². The average Bonchev–Trinajstić information content (AvgIpc) is 3.10. The van der Waals surface area contributed by atoms with Gasteiger partial charge >= 0.3 is 0 Å². The van der Waals surface area contributed by atoms with E-state index in [-0.39, 0.29) is 11.6 Å². The molecule has 1 aliphatic rings. The summed E-state index contributed by atoms with van der Waals surface area (Å²) in [6.07, 6.45) is 2.68. The maximum absolute atomic E-state index is 13.3. The fourth-order valence-corrected chi connectivity index (χ4v) is 4.47. The molecular formula is C26H30N6O2. The highest BCUT2D eigenvalue weighted by atomic mass is 16.3. The van der Waals surface area contributed by atoms with Crippen LogP contribution in [0.25, 0.3) is 16.7 Å². The molecule has 4 heterocycles. The minimum atomic E-state index is -1.11. The molecule has 0 saturated heterocycles. The van der Waals surface area contributed by atoms with Gasteiger partial charge in [0.1, 0.15) is 11.4 Å². The molecule has 8 nitrogen and oxygen atoms in total. The minimum Gasteiger partial charge on any atom is -0.384 e. The predicted octanol–water partition coefficient (Wildman–Crippen LogP) is 3.78. The summed E-state index contributed by atoms with van der Waals surface area (Å²) in [5.74, 6) is 0.655. The lowest BCUT2D eigenvalue weighted by Gasteiger charge is -2.20. The highest BCUT2D eigenvalue weighted by Gasteiger charge is 2.22. The minimum absolute atomic E-state index is 0.0926. The Balaban J connectivity index is 1.63. The fourth-order valence-electron chi connectivity index (χ4n) is 4.47. The average molecular weight is 459 g/mol. The first-order valence-electron chi connectivity index (χ1n) is 11.7. The van der Waals surface area contributed by atoms with Gasteiger partial charge in [-0.05, 0) is 88.2 Å². The van der Waals surface area contributed by atoms with Crippen molar-refractivity contribution in [3.05, 3.63) is 75.8 Å². The number of pyridine rings is 2. The molecule has 5 rings (SSSR count). The van der Waals surface area contributed by atoms with Crippen LogP contribution in [0.1, 0.15) is 50.6 Å². The Morgan fingerprint density at radius 2 is 1.94 bits per heavy atom. The number of fused-ring (bicyclic) bond motifs is 2. The van der Waals surface area contributed by atoms with E-state index in [1.54, 1.807) is 30.8 Å². The SMILES string of the molecule is CC(C)n1c(=O)c2ccc(Nc3ccc4c(c3)CNCC4)nc2n1-c1ccnc(C(C)(C)O)c1. The Bertz CT molecular complexity index is 1430.